The molecule has 1 aliphatic carbocycles. The van der Waals surface area contributed by atoms with E-state index in [0.29, 0.717) is 17.4 Å². The Bertz CT molecular complexity index is 679. The number of fused-ring (bicyclic) bond motifs is 1. The van der Waals surface area contributed by atoms with Gasteiger partial charge in [-0.2, -0.15) is 0 Å². The lowest BCUT2D eigenvalue weighted by Crippen LogP contribution is -2.18. The Kier molecular flexibility index (Phi) is 3.50. The molecule has 0 amide bonds. The van der Waals surface area contributed by atoms with Gasteiger partial charge in [-0.1, -0.05) is 12.5 Å². The van der Waals surface area contributed by atoms with Crippen molar-refractivity contribution >= 4 is 0 Å². The minimum atomic E-state index is -0.0310. The van der Waals surface area contributed by atoms with Gasteiger partial charge >= 0.3 is 0 Å². The normalized spacial score (nSPS) is 14.4. The van der Waals surface area contributed by atoms with E-state index in [1.807, 2.05) is 12.1 Å². The molecule has 0 saturated carbocycles. The van der Waals surface area contributed by atoms with Crippen LogP contribution in [0.25, 0.3) is 11.5 Å². The predicted molar refractivity (Wildman–Crippen MR) is 75.9 cm³/mol. The first-order valence-electron chi connectivity index (χ1n) is 6.91. The van der Waals surface area contributed by atoms with Gasteiger partial charge in [0.1, 0.15) is 5.69 Å². The summed E-state index contributed by atoms with van der Waals surface area (Å²) in [4.78, 5) is 24.0. The van der Waals surface area contributed by atoms with Crippen LogP contribution in [0, 0.1) is 0 Å². The largest absolute Gasteiger partial charge is 0.481 e. The number of hydrogen-bond acceptors (Lipinski definition) is 4. The van der Waals surface area contributed by atoms with Gasteiger partial charge in [-0.25, -0.2) is 9.97 Å². The third-order valence-electron chi connectivity index (χ3n) is 3.62. The summed E-state index contributed by atoms with van der Waals surface area (Å²) in [6, 6.07) is 5.43. The van der Waals surface area contributed by atoms with E-state index in [-0.39, 0.29) is 5.56 Å². The second-order valence-corrected chi connectivity index (χ2v) is 4.97. The first kappa shape index (κ1) is 12.8. The van der Waals surface area contributed by atoms with Gasteiger partial charge in [-0.05, 0) is 31.7 Å². The number of aryl methyl sites for hydroxylation is 1. The summed E-state index contributed by atoms with van der Waals surface area (Å²) in [6.45, 7) is 0. The highest BCUT2D eigenvalue weighted by Gasteiger charge is 2.15. The zero-order valence-corrected chi connectivity index (χ0v) is 11.5. The zero-order chi connectivity index (χ0) is 13.9. The molecule has 0 atom stereocenters. The summed E-state index contributed by atoms with van der Waals surface area (Å²) in [5, 5.41) is 0. The number of hydrogen-bond donors (Lipinski definition) is 1. The molecule has 0 radical (unpaired) electrons. The molecule has 3 rings (SSSR count). The lowest BCUT2D eigenvalue weighted by molar-refractivity contribution is 0.398. The molecule has 20 heavy (non-hydrogen) atoms. The molecule has 0 fully saturated rings. The molecular formula is C15H17N3O2. The van der Waals surface area contributed by atoms with E-state index in [1.165, 1.54) is 0 Å². The fraction of sp³-hybridized carbons (Fsp3) is 0.400. The van der Waals surface area contributed by atoms with E-state index in [1.54, 1.807) is 13.2 Å². The predicted octanol–water partition coefficient (Wildman–Crippen LogP) is 2.11. The highest BCUT2D eigenvalue weighted by molar-refractivity contribution is 5.50. The number of pyridine rings is 1. The number of aromatic nitrogens is 3. The van der Waals surface area contributed by atoms with Crippen LogP contribution >= 0.6 is 0 Å². The van der Waals surface area contributed by atoms with Crippen LogP contribution in [-0.2, 0) is 12.8 Å². The number of nitrogens with one attached hydrogen (secondary N) is 1. The van der Waals surface area contributed by atoms with Gasteiger partial charge in [0.05, 0.1) is 12.8 Å². The van der Waals surface area contributed by atoms with E-state index in [9.17, 15) is 4.79 Å². The summed E-state index contributed by atoms with van der Waals surface area (Å²) in [5.41, 5.74) is 2.37. The molecule has 1 N–H and O–H groups in total. The molecule has 2 aromatic heterocycles. The highest BCUT2D eigenvalue weighted by Crippen LogP contribution is 2.20. The van der Waals surface area contributed by atoms with Crippen molar-refractivity contribution in [2.75, 3.05) is 7.11 Å². The van der Waals surface area contributed by atoms with Crippen LogP contribution in [0.3, 0.4) is 0 Å². The molecule has 0 aliphatic heterocycles. The SMILES string of the molecule is COc1cccc(-c2nc3c(c(=O)[nH]2)CCCCC3)n1. The Morgan fingerprint density at radius 3 is 2.85 bits per heavy atom. The molecule has 104 valence electrons. The van der Waals surface area contributed by atoms with Crippen molar-refractivity contribution in [3.63, 3.8) is 0 Å². The van der Waals surface area contributed by atoms with Gasteiger partial charge in [0.15, 0.2) is 5.82 Å². The number of H-pyrrole nitrogens is 1. The van der Waals surface area contributed by atoms with Crippen LogP contribution < -0.4 is 10.3 Å². The second kappa shape index (κ2) is 5.45. The number of methoxy groups -OCH3 is 1. The maximum atomic E-state index is 12.2. The average Bonchev–Trinajstić information content (AvgIpc) is 2.73. The smallest absolute Gasteiger partial charge is 0.254 e. The van der Waals surface area contributed by atoms with Crippen LogP contribution in [0.15, 0.2) is 23.0 Å². The van der Waals surface area contributed by atoms with Crippen molar-refractivity contribution in [2.24, 2.45) is 0 Å². The molecule has 0 unspecified atom stereocenters. The van der Waals surface area contributed by atoms with Crippen LogP contribution in [0.2, 0.25) is 0 Å². The molecule has 2 heterocycles. The zero-order valence-electron chi connectivity index (χ0n) is 11.5. The number of rotatable bonds is 2. The molecule has 0 bridgehead atoms. The summed E-state index contributed by atoms with van der Waals surface area (Å²) in [7, 11) is 1.57. The molecule has 0 spiro atoms. The Morgan fingerprint density at radius 2 is 2.00 bits per heavy atom. The number of ether oxygens (including phenoxy) is 1. The molecule has 0 aromatic carbocycles. The average molecular weight is 271 g/mol. The fourth-order valence-corrected chi connectivity index (χ4v) is 2.56. The van der Waals surface area contributed by atoms with Gasteiger partial charge in [-0.3, -0.25) is 4.79 Å². The van der Waals surface area contributed by atoms with E-state index in [2.05, 4.69) is 15.0 Å². The quantitative estimate of drug-likeness (QED) is 0.849. The van der Waals surface area contributed by atoms with Crippen molar-refractivity contribution < 1.29 is 4.74 Å². The van der Waals surface area contributed by atoms with Gasteiger partial charge in [-0.15, -0.1) is 0 Å². The summed E-state index contributed by atoms with van der Waals surface area (Å²) in [5.74, 6) is 1.04. The lowest BCUT2D eigenvalue weighted by atomic mass is 10.1. The van der Waals surface area contributed by atoms with E-state index in [4.69, 9.17) is 4.74 Å². The minimum absolute atomic E-state index is 0.0310. The summed E-state index contributed by atoms with van der Waals surface area (Å²) >= 11 is 0. The van der Waals surface area contributed by atoms with Gasteiger partial charge in [0, 0.05) is 11.6 Å². The van der Waals surface area contributed by atoms with Crippen molar-refractivity contribution in [1.82, 2.24) is 15.0 Å². The van der Waals surface area contributed by atoms with Crippen LogP contribution in [0.5, 0.6) is 5.88 Å². The Balaban J connectivity index is 2.08. The molecule has 2 aromatic rings. The molecule has 5 heteroatoms. The fourth-order valence-electron chi connectivity index (χ4n) is 2.56. The minimum Gasteiger partial charge on any atom is -0.481 e. The Morgan fingerprint density at radius 1 is 1.15 bits per heavy atom. The van der Waals surface area contributed by atoms with Gasteiger partial charge < -0.3 is 9.72 Å². The third kappa shape index (κ3) is 2.43. The van der Waals surface area contributed by atoms with E-state index < -0.39 is 0 Å². The molecule has 0 saturated heterocycles. The van der Waals surface area contributed by atoms with Crippen molar-refractivity contribution in [3.8, 4) is 17.4 Å². The highest BCUT2D eigenvalue weighted by atomic mass is 16.5. The first-order valence-corrected chi connectivity index (χ1v) is 6.91. The van der Waals surface area contributed by atoms with Crippen LogP contribution in [0.4, 0.5) is 0 Å². The summed E-state index contributed by atoms with van der Waals surface area (Å²) < 4.78 is 5.11. The monoisotopic (exact) mass is 271 g/mol. The van der Waals surface area contributed by atoms with Crippen molar-refractivity contribution in [3.05, 3.63) is 39.8 Å². The van der Waals surface area contributed by atoms with Crippen LogP contribution in [0.1, 0.15) is 30.5 Å². The van der Waals surface area contributed by atoms with Crippen LogP contribution in [-0.4, -0.2) is 22.1 Å². The Labute approximate surface area is 117 Å². The molecular weight excluding hydrogens is 254 g/mol. The first-order chi connectivity index (χ1) is 9.78. The maximum Gasteiger partial charge on any atom is 0.254 e. The number of nitrogens with zero attached hydrogens (tertiary/aromatic N) is 2. The van der Waals surface area contributed by atoms with E-state index >= 15 is 0 Å². The number of aromatic amines is 1. The van der Waals surface area contributed by atoms with Gasteiger partial charge in [0.25, 0.3) is 5.56 Å². The van der Waals surface area contributed by atoms with Gasteiger partial charge in [0.2, 0.25) is 5.88 Å². The lowest BCUT2D eigenvalue weighted by Gasteiger charge is -2.07. The standard InChI is InChI=1S/C15H17N3O2/c1-20-13-9-5-8-12(16-13)14-17-11-7-4-2-3-6-10(11)15(19)18-14/h5,8-9H,2-4,6-7H2,1H3,(H,17,18,19). The third-order valence-corrected chi connectivity index (χ3v) is 3.62. The van der Waals surface area contributed by atoms with E-state index in [0.717, 1.165) is 43.4 Å². The van der Waals surface area contributed by atoms with Crippen molar-refractivity contribution in [1.29, 1.82) is 0 Å². The molecule has 1 aliphatic rings. The molecule has 5 nitrogen and oxygen atoms in total. The topological polar surface area (TPSA) is 67.9 Å². The Hall–Kier alpha value is -2.17. The van der Waals surface area contributed by atoms with Crippen molar-refractivity contribution in [2.45, 2.75) is 32.1 Å². The maximum absolute atomic E-state index is 12.2. The summed E-state index contributed by atoms with van der Waals surface area (Å²) in [6.07, 6.45) is 5.01. The second-order valence-electron chi connectivity index (χ2n) is 4.97.